The SMILES string of the molecule is O=C(CCC1CCCNC1)Cc1cc(F)ccc1F. The van der Waals surface area contributed by atoms with E-state index in [2.05, 4.69) is 5.32 Å². The van der Waals surface area contributed by atoms with Crippen LogP contribution in [0.2, 0.25) is 0 Å². The molecule has 2 rings (SSSR count). The fourth-order valence-electron chi connectivity index (χ4n) is 2.52. The lowest BCUT2D eigenvalue weighted by atomic mass is 9.92. The van der Waals surface area contributed by atoms with E-state index in [-0.39, 0.29) is 17.8 Å². The molecule has 2 nitrogen and oxygen atoms in total. The molecule has 1 atom stereocenters. The molecule has 104 valence electrons. The zero-order valence-corrected chi connectivity index (χ0v) is 10.9. The van der Waals surface area contributed by atoms with Crippen molar-refractivity contribution in [3.63, 3.8) is 0 Å². The lowest BCUT2D eigenvalue weighted by Gasteiger charge is -2.22. The van der Waals surface area contributed by atoms with Crippen LogP contribution in [0.5, 0.6) is 0 Å². The average Bonchev–Trinajstić information content (AvgIpc) is 2.42. The van der Waals surface area contributed by atoms with Crippen LogP contribution in [-0.4, -0.2) is 18.9 Å². The molecule has 1 aliphatic heterocycles. The maximum absolute atomic E-state index is 13.4. The molecular formula is C15H19F2NO. The second-order valence-corrected chi connectivity index (χ2v) is 5.20. The second-order valence-electron chi connectivity index (χ2n) is 5.20. The summed E-state index contributed by atoms with van der Waals surface area (Å²) in [6, 6.07) is 3.25. The van der Waals surface area contributed by atoms with Gasteiger partial charge in [0.25, 0.3) is 0 Å². The predicted molar refractivity (Wildman–Crippen MR) is 69.9 cm³/mol. The number of ketones is 1. The Bertz CT molecular complexity index is 442. The molecule has 4 heteroatoms. The first kappa shape index (κ1) is 14.1. The van der Waals surface area contributed by atoms with Gasteiger partial charge in [-0.3, -0.25) is 4.79 Å². The highest BCUT2D eigenvalue weighted by Crippen LogP contribution is 2.17. The number of benzene rings is 1. The van der Waals surface area contributed by atoms with Crippen molar-refractivity contribution in [1.82, 2.24) is 5.32 Å². The molecule has 1 aromatic rings. The summed E-state index contributed by atoms with van der Waals surface area (Å²) in [6.45, 7) is 2.01. The molecule has 0 saturated carbocycles. The quantitative estimate of drug-likeness (QED) is 0.888. The Hall–Kier alpha value is -1.29. The van der Waals surface area contributed by atoms with Crippen molar-refractivity contribution in [3.05, 3.63) is 35.4 Å². The fourth-order valence-corrected chi connectivity index (χ4v) is 2.52. The highest BCUT2D eigenvalue weighted by Gasteiger charge is 2.15. The number of Topliss-reactive ketones (excluding diaryl/α,β-unsaturated/α-hetero) is 1. The summed E-state index contributed by atoms with van der Waals surface area (Å²) in [5, 5.41) is 3.30. The van der Waals surface area contributed by atoms with Crippen LogP contribution in [0.3, 0.4) is 0 Å². The van der Waals surface area contributed by atoms with Crippen LogP contribution >= 0.6 is 0 Å². The van der Waals surface area contributed by atoms with Gasteiger partial charge in [-0.2, -0.15) is 0 Å². The number of carbonyl (C=O) groups is 1. The Morgan fingerprint density at radius 2 is 2.21 bits per heavy atom. The molecule has 0 amide bonds. The van der Waals surface area contributed by atoms with Gasteiger partial charge in [0.05, 0.1) is 0 Å². The number of rotatable bonds is 5. The Morgan fingerprint density at radius 3 is 2.95 bits per heavy atom. The first-order valence-corrected chi connectivity index (χ1v) is 6.81. The third-order valence-corrected chi connectivity index (χ3v) is 3.63. The molecule has 1 N–H and O–H groups in total. The maximum Gasteiger partial charge on any atom is 0.137 e. The van der Waals surface area contributed by atoms with Crippen LogP contribution in [-0.2, 0) is 11.2 Å². The summed E-state index contributed by atoms with van der Waals surface area (Å²) in [6.07, 6.45) is 3.57. The highest BCUT2D eigenvalue weighted by molar-refractivity contribution is 5.80. The van der Waals surface area contributed by atoms with Gasteiger partial charge in [-0.15, -0.1) is 0 Å². The summed E-state index contributed by atoms with van der Waals surface area (Å²) >= 11 is 0. The minimum Gasteiger partial charge on any atom is -0.316 e. The van der Waals surface area contributed by atoms with Crippen molar-refractivity contribution in [3.8, 4) is 0 Å². The maximum atomic E-state index is 13.4. The monoisotopic (exact) mass is 267 g/mol. The van der Waals surface area contributed by atoms with Crippen LogP contribution in [0, 0.1) is 17.6 Å². The van der Waals surface area contributed by atoms with Crippen molar-refractivity contribution in [2.24, 2.45) is 5.92 Å². The average molecular weight is 267 g/mol. The van der Waals surface area contributed by atoms with Gasteiger partial charge in [0.2, 0.25) is 0 Å². The number of nitrogens with one attached hydrogen (secondary N) is 1. The smallest absolute Gasteiger partial charge is 0.137 e. The Kier molecular flexibility index (Phi) is 5.02. The molecule has 1 aliphatic rings. The van der Waals surface area contributed by atoms with E-state index in [1.165, 1.54) is 0 Å². The van der Waals surface area contributed by atoms with Crippen LogP contribution in [0.15, 0.2) is 18.2 Å². The molecule has 0 aromatic heterocycles. The lowest BCUT2D eigenvalue weighted by Crippen LogP contribution is -2.30. The van der Waals surface area contributed by atoms with E-state index in [1.54, 1.807) is 0 Å². The van der Waals surface area contributed by atoms with Gasteiger partial charge >= 0.3 is 0 Å². The second kappa shape index (κ2) is 6.75. The molecule has 1 fully saturated rings. The minimum atomic E-state index is -0.505. The summed E-state index contributed by atoms with van der Waals surface area (Å²) in [4.78, 5) is 11.8. The van der Waals surface area contributed by atoms with Gasteiger partial charge in [0, 0.05) is 12.8 Å². The Balaban J connectivity index is 1.81. The number of hydrogen-bond acceptors (Lipinski definition) is 2. The first-order valence-electron chi connectivity index (χ1n) is 6.81. The van der Waals surface area contributed by atoms with E-state index in [1.807, 2.05) is 0 Å². The molecule has 19 heavy (non-hydrogen) atoms. The number of carbonyl (C=O) groups excluding carboxylic acids is 1. The molecular weight excluding hydrogens is 248 g/mol. The van der Waals surface area contributed by atoms with Gasteiger partial charge in [0.1, 0.15) is 17.4 Å². The largest absolute Gasteiger partial charge is 0.316 e. The van der Waals surface area contributed by atoms with Crippen molar-refractivity contribution >= 4 is 5.78 Å². The Morgan fingerprint density at radius 1 is 1.37 bits per heavy atom. The number of halogens is 2. The van der Waals surface area contributed by atoms with Gasteiger partial charge in [-0.25, -0.2) is 8.78 Å². The molecule has 1 heterocycles. The molecule has 1 aromatic carbocycles. The zero-order chi connectivity index (χ0) is 13.7. The third kappa shape index (κ3) is 4.39. The lowest BCUT2D eigenvalue weighted by molar-refractivity contribution is -0.118. The van der Waals surface area contributed by atoms with Crippen molar-refractivity contribution in [1.29, 1.82) is 0 Å². The third-order valence-electron chi connectivity index (χ3n) is 3.63. The van der Waals surface area contributed by atoms with E-state index in [0.29, 0.717) is 12.3 Å². The van der Waals surface area contributed by atoms with Crippen LogP contribution in [0.4, 0.5) is 8.78 Å². The minimum absolute atomic E-state index is 0.0102. The normalized spacial score (nSPS) is 19.4. The molecule has 0 bridgehead atoms. The summed E-state index contributed by atoms with van der Waals surface area (Å²) in [5.41, 5.74) is 0.159. The van der Waals surface area contributed by atoms with Crippen LogP contribution < -0.4 is 5.32 Å². The van der Waals surface area contributed by atoms with E-state index >= 15 is 0 Å². The standard InChI is InChI=1S/C15H19F2NO/c16-13-4-6-15(17)12(8-13)9-14(19)5-3-11-2-1-7-18-10-11/h4,6,8,11,18H,1-3,5,7,9-10H2. The molecule has 0 spiro atoms. The van der Waals surface area contributed by atoms with E-state index in [9.17, 15) is 13.6 Å². The number of piperidine rings is 1. The number of hydrogen-bond donors (Lipinski definition) is 1. The molecule has 1 saturated heterocycles. The molecule has 1 unspecified atom stereocenters. The summed E-state index contributed by atoms with van der Waals surface area (Å²) in [5.74, 6) is -0.486. The van der Waals surface area contributed by atoms with Gasteiger partial charge in [-0.1, -0.05) is 0 Å². The van der Waals surface area contributed by atoms with E-state index in [4.69, 9.17) is 0 Å². The van der Waals surface area contributed by atoms with Crippen LogP contribution in [0.1, 0.15) is 31.2 Å². The van der Waals surface area contributed by atoms with Gasteiger partial charge < -0.3 is 5.32 Å². The summed E-state index contributed by atoms with van der Waals surface area (Å²) < 4.78 is 26.4. The predicted octanol–water partition coefficient (Wildman–Crippen LogP) is 2.86. The molecule has 0 radical (unpaired) electrons. The van der Waals surface area contributed by atoms with E-state index < -0.39 is 11.6 Å². The summed E-state index contributed by atoms with van der Waals surface area (Å²) in [7, 11) is 0. The topological polar surface area (TPSA) is 29.1 Å². The first-order chi connectivity index (χ1) is 9.15. The molecule has 0 aliphatic carbocycles. The van der Waals surface area contributed by atoms with Gasteiger partial charge in [-0.05, 0) is 62.0 Å². The van der Waals surface area contributed by atoms with Crippen molar-refractivity contribution in [2.45, 2.75) is 32.1 Å². The van der Waals surface area contributed by atoms with Crippen molar-refractivity contribution < 1.29 is 13.6 Å². The zero-order valence-electron chi connectivity index (χ0n) is 10.9. The fraction of sp³-hybridized carbons (Fsp3) is 0.533. The van der Waals surface area contributed by atoms with Gasteiger partial charge in [0.15, 0.2) is 0 Å². The van der Waals surface area contributed by atoms with E-state index in [0.717, 1.165) is 50.6 Å². The Labute approximate surface area is 112 Å². The highest BCUT2D eigenvalue weighted by atomic mass is 19.1. The van der Waals surface area contributed by atoms with Crippen LogP contribution in [0.25, 0.3) is 0 Å². The van der Waals surface area contributed by atoms with Crippen molar-refractivity contribution in [2.75, 3.05) is 13.1 Å².